The summed E-state index contributed by atoms with van der Waals surface area (Å²) in [6.45, 7) is 6.83. The van der Waals surface area contributed by atoms with Crippen molar-refractivity contribution in [2.45, 2.75) is 38.8 Å². The van der Waals surface area contributed by atoms with Crippen molar-refractivity contribution in [2.24, 2.45) is 0 Å². The Bertz CT molecular complexity index is 388. The molecule has 102 valence electrons. The minimum absolute atomic E-state index is 0.0204. The van der Waals surface area contributed by atoms with Gasteiger partial charge in [-0.15, -0.1) is 0 Å². The van der Waals surface area contributed by atoms with Crippen molar-refractivity contribution in [3.63, 3.8) is 0 Å². The van der Waals surface area contributed by atoms with Crippen LogP contribution >= 0.6 is 15.9 Å². The molecule has 0 bridgehead atoms. The van der Waals surface area contributed by atoms with Gasteiger partial charge in [-0.25, -0.2) is 0 Å². The van der Waals surface area contributed by atoms with E-state index in [-0.39, 0.29) is 5.54 Å². The largest absolute Gasteiger partial charge is 0.497 e. The van der Waals surface area contributed by atoms with Crippen LogP contribution in [0.2, 0.25) is 0 Å². The molecule has 1 aromatic carbocycles. The summed E-state index contributed by atoms with van der Waals surface area (Å²) in [7, 11) is 1.64. The monoisotopic (exact) mass is 315 g/mol. The van der Waals surface area contributed by atoms with Crippen molar-refractivity contribution in [1.82, 2.24) is 5.32 Å². The van der Waals surface area contributed by atoms with Gasteiger partial charge < -0.3 is 15.2 Å². The highest BCUT2D eigenvalue weighted by molar-refractivity contribution is 9.10. The molecule has 3 nitrogen and oxygen atoms in total. The van der Waals surface area contributed by atoms with Gasteiger partial charge in [-0.1, -0.05) is 15.9 Å². The van der Waals surface area contributed by atoms with E-state index < -0.39 is 6.10 Å². The lowest BCUT2D eigenvalue weighted by molar-refractivity contribution is 0.160. The van der Waals surface area contributed by atoms with Crippen LogP contribution in [0.4, 0.5) is 0 Å². The second-order valence-corrected chi connectivity index (χ2v) is 6.30. The van der Waals surface area contributed by atoms with Crippen LogP contribution in [0.5, 0.6) is 5.75 Å². The minimum Gasteiger partial charge on any atom is -0.497 e. The zero-order chi connectivity index (χ0) is 13.8. The fourth-order valence-corrected chi connectivity index (χ4v) is 1.99. The molecule has 0 amide bonds. The van der Waals surface area contributed by atoms with Crippen LogP contribution in [-0.4, -0.2) is 30.4 Å². The number of aliphatic hydroxyl groups excluding tert-OH is 1. The number of hydrogen-bond acceptors (Lipinski definition) is 3. The van der Waals surface area contributed by atoms with Gasteiger partial charge in [0, 0.05) is 23.0 Å². The van der Waals surface area contributed by atoms with Gasteiger partial charge in [0.15, 0.2) is 0 Å². The molecule has 18 heavy (non-hydrogen) atoms. The fraction of sp³-hybridized carbons (Fsp3) is 0.571. The smallest absolute Gasteiger partial charge is 0.119 e. The highest BCUT2D eigenvalue weighted by Gasteiger charge is 2.14. The van der Waals surface area contributed by atoms with E-state index in [0.717, 1.165) is 15.8 Å². The lowest BCUT2D eigenvalue weighted by atomic mass is 10.1. The third-order valence-electron chi connectivity index (χ3n) is 2.58. The second-order valence-electron chi connectivity index (χ2n) is 5.45. The number of hydrogen-bond donors (Lipinski definition) is 2. The highest BCUT2D eigenvalue weighted by Crippen LogP contribution is 2.23. The van der Waals surface area contributed by atoms with Crippen LogP contribution in [0.25, 0.3) is 0 Å². The van der Waals surface area contributed by atoms with E-state index in [1.54, 1.807) is 7.11 Å². The Kier molecular flexibility index (Phi) is 5.63. The van der Waals surface area contributed by atoms with E-state index in [1.165, 1.54) is 0 Å². The highest BCUT2D eigenvalue weighted by atomic mass is 79.9. The first kappa shape index (κ1) is 15.5. The van der Waals surface area contributed by atoms with Gasteiger partial charge in [0.1, 0.15) is 5.75 Å². The van der Waals surface area contributed by atoms with Gasteiger partial charge in [0.05, 0.1) is 13.2 Å². The molecular weight excluding hydrogens is 294 g/mol. The van der Waals surface area contributed by atoms with Crippen LogP contribution in [0, 0.1) is 0 Å². The van der Waals surface area contributed by atoms with E-state index in [4.69, 9.17) is 4.74 Å². The molecule has 0 spiro atoms. The summed E-state index contributed by atoms with van der Waals surface area (Å²) < 4.78 is 6.19. The Hall–Kier alpha value is -0.580. The summed E-state index contributed by atoms with van der Waals surface area (Å²) in [5.41, 5.74) is 1.07. The summed E-state index contributed by atoms with van der Waals surface area (Å²) in [6.07, 6.45) is 0.188. The number of rotatable bonds is 5. The first-order valence-electron chi connectivity index (χ1n) is 6.07. The molecule has 0 heterocycles. The summed E-state index contributed by atoms with van der Waals surface area (Å²) in [5.74, 6) is 0.809. The van der Waals surface area contributed by atoms with Crippen molar-refractivity contribution >= 4 is 15.9 Å². The summed E-state index contributed by atoms with van der Waals surface area (Å²) in [5, 5.41) is 13.3. The van der Waals surface area contributed by atoms with E-state index in [0.29, 0.717) is 13.0 Å². The summed E-state index contributed by atoms with van der Waals surface area (Å²) in [6, 6.07) is 5.79. The average Bonchev–Trinajstić information content (AvgIpc) is 2.28. The quantitative estimate of drug-likeness (QED) is 0.878. The molecule has 0 fully saturated rings. The molecule has 0 radical (unpaired) electrons. The molecule has 1 rings (SSSR count). The van der Waals surface area contributed by atoms with Gasteiger partial charge in [-0.3, -0.25) is 0 Å². The molecule has 0 aliphatic heterocycles. The molecule has 0 aliphatic carbocycles. The first-order chi connectivity index (χ1) is 8.31. The van der Waals surface area contributed by atoms with Gasteiger partial charge in [-0.05, 0) is 44.5 Å². The summed E-state index contributed by atoms with van der Waals surface area (Å²) >= 11 is 3.49. The molecule has 1 aromatic rings. The van der Waals surface area contributed by atoms with Crippen molar-refractivity contribution < 1.29 is 9.84 Å². The third kappa shape index (κ3) is 5.38. The lowest BCUT2D eigenvalue weighted by Crippen LogP contribution is -2.41. The molecular formula is C14H22BrNO2. The topological polar surface area (TPSA) is 41.5 Å². The normalized spacial score (nSPS) is 13.4. The molecule has 0 saturated carbocycles. The van der Waals surface area contributed by atoms with E-state index >= 15 is 0 Å². The molecule has 0 saturated heterocycles. The van der Waals surface area contributed by atoms with Crippen LogP contribution in [0.1, 0.15) is 26.3 Å². The van der Waals surface area contributed by atoms with Gasteiger partial charge in [0.25, 0.3) is 0 Å². The first-order valence-corrected chi connectivity index (χ1v) is 6.86. The SMILES string of the molecule is COc1ccc(Br)c(CC(O)CNC(C)(C)C)c1. The number of halogens is 1. The zero-order valence-electron chi connectivity index (χ0n) is 11.5. The van der Waals surface area contributed by atoms with Crippen LogP contribution < -0.4 is 10.1 Å². The third-order valence-corrected chi connectivity index (χ3v) is 3.35. The van der Waals surface area contributed by atoms with Gasteiger partial charge in [0.2, 0.25) is 0 Å². The zero-order valence-corrected chi connectivity index (χ0v) is 13.0. The number of ether oxygens (including phenoxy) is 1. The molecule has 1 unspecified atom stereocenters. The van der Waals surface area contributed by atoms with Crippen molar-refractivity contribution in [3.8, 4) is 5.75 Å². The van der Waals surface area contributed by atoms with E-state index in [1.807, 2.05) is 18.2 Å². The van der Waals surface area contributed by atoms with E-state index in [9.17, 15) is 5.11 Å². The Balaban J connectivity index is 2.61. The van der Waals surface area contributed by atoms with Crippen molar-refractivity contribution in [2.75, 3.05) is 13.7 Å². The predicted octanol–water partition coefficient (Wildman–Crippen LogP) is 2.75. The summed E-state index contributed by atoms with van der Waals surface area (Å²) in [4.78, 5) is 0. The van der Waals surface area contributed by atoms with Crippen molar-refractivity contribution in [3.05, 3.63) is 28.2 Å². The number of β-amino-alcohol motifs (C(OH)–C–C–N with tert-alkyl or cyclic N) is 1. The number of methoxy groups -OCH3 is 1. The average molecular weight is 316 g/mol. The van der Waals surface area contributed by atoms with Gasteiger partial charge in [-0.2, -0.15) is 0 Å². The maximum Gasteiger partial charge on any atom is 0.119 e. The molecule has 4 heteroatoms. The minimum atomic E-state index is -0.410. The Labute approximate surface area is 118 Å². The fourth-order valence-electron chi connectivity index (χ4n) is 1.58. The number of aliphatic hydroxyl groups is 1. The second kappa shape index (κ2) is 6.55. The Morgan fingerprint density at radius 3 is 2.61 bits per heavy atom. The lowest BCUT2D eigenvalue weighted by Gasteiger charge is -2.23. The molecule has 0 aromatic heterocycles. The van der Waals surface area contributed by atoms with Crippen molar-refractivity contribution in [1.29, 1.82) is 0 Å². The van der Waals surface area contributed by atoms with Gasteiger partial charge >= 0.3 is 0 Å². The standard InChI is InChI=1S/C14H22BrNO2/c1-14(2,3)16-9-11(17)7-10-8-12(18-4)5-6-13(10)15/h5-6,8,11,16-17H,7,9H2,1-4H3. The Morgan fingerprint density at radius 2 is 2.06 bits per heavy atom. The Morgan fingerprint density at radius 1 is 1.39 bits per heavy atom. The maximum absolute atomic E-state index is 10.0. The predicted molar refractivity (Wildman–Crippen MR) is 78.2 cm³/mol. The number of benzene rings is 1. The molecule has 2 N–H and O–H groups in total. The molecule has 1 atom stereocenters. The maximum atomic E-state index is 10.0. The van der Waals surface area contributed by atoms with Crippen LogP contribution in [0.15, 0.2) is 22.7 Å². The van der Waals surface area contributed by atoms with Crippen LogP contribution in [-0.2, 0) is 6.42 Å². The van der Waals surface area contributed by atoms with Crippen LogP contribution in [0.3, 0.4) is 0 Å². The number of nitrogens with one attached hydrogen (secondary N) is 1. The van der Waals surface area contributed by atoms with E-state index in [2.05, 4.69) is 42.0 Å². The molecule has 0 aliphatic rings.